The van der Waals surface area contributed by atoms with E-state index in [0.717, 1.165) is 32.1 Å². The summed E-state index contributed by atoms with van der Waals surface area (Å²) in [5.41, 5.74) is -1.17. The number of benzene rings is 1. The molecule has 0 saturated heterocycles. The number of fused-ring (bicyclic) bond motifs is 2. The molecule has 10 atom stereocenters. The number of rotatable bonds is 6. The molecular weight excluding hydrogens is 609 g/mol. The maximum absolute atomic E-state index is 15.1. The summed E-state index contributed by atoms with van der Waals surface area (Å²) in [5.74, 6) is 2.80. The first-order valence-electron chi connectivity index (χ1n) is 19.2. The van der Waals surface area contributed by atoms with Crippen LogP contribution in [0.1, 0.15) is 107 Å². The second kappa shape index (κ2) is 10.9. The maximum atomic E-state index is 15.1. The highest BCUT2D eigenvalue weighted by molar-refractivity contribution is 6.74. The topological polar surface area (TPSA) is 53.2 Å². The van der Waals surface area contributed by atoms with Gasteiger partial charge in [-0.05, 0) is 110 Å². The number of allylic oxidation sites excluding steroid dienone is 4. The quantitative estimate of drug-likeness (QED) is 0.227. The molecule has 3 fully saturated rings. The standard InChI is InChI=1S/C42H62N2O3Si/c1-27(2)28(3)16-17-29(4)33-18-19-34-39(33,8)22-21-35-40(9)23-20-30(47-48(10,11)38(5,6)7)26-41(40)24-25-42(34,35)44-37(46)32-15-13-12-14-31(32)36(45)43(41)44/h12-17,24-25,27-30,33-35H,18-23,26H2,1-11H3/b17-16+/t28-,29+,30-,33-,34+,35+,39+,40+,41-,42-/m0/s1. The molecule has 2 aromatic rings. The van der Waals surface area contributed by atoms with Crippen LogP contribution in [0.25, 0.3) is 10.8 Å². The van der Waals surface area contributed by atoms with E-state index in [1.807, 2.05) is 28.9 Å². The fourth-order valence-electron chi connectivity index (χ4n) is 11.7. The molecular formula is C42H62N2O3Si. The lowest BCUT2D eigenvalue weighted by Crippen LogP contribution is -2.78. The lowest BCUT2D eigenvalue weighted by atomic mass is 9.40. The van der Waals surface area contributed by atoms with Crippen molar-refractivity contribution < 1.29 is 4.43 Å². The fraction of sp³-hybridized carbons (Fsp3) is 0.714. The molecule has 48 heavy (non-hydrogen) atoms. The van der Waals surface area contributed by atoms with Crippen LogP contribution in [0.2, 0.25) is 18.1 Å². The van der Waals surface area contributed by atoms with Crippen molar-refractivity contribution in [2.24, 2.45) is 46.3 Å². The Bertz CT molecular complexity index is 1790. The van der Waals surface area contributed by atoms with E-state index in [0.29, 0.717) is 46.3 Å². The van der Waals surface area contributed by atoms with Gasteiger partial charge in [-0.3, -0.25) is 9.59 Å². The van der Waals surface area contributed by atoms with Crippen LogP contribution in [0, 0.1) is 46.3 Å². The van der Waals surface area contributed by atoms with Crippen molar-refractivity contribution in [3.05, 3.63) is 69.3 Å². The predicted octanol–water partition coefficient (Wildman–Crippen LogP) is 9.64. The number of nitrogens with zero attached hydrogens (tertiary/aromatic N) is 2. The van der Waals surface area contributed by atoms with Gasteiger partial charge in [-0.1, -0.05) is 98.8 Å². The van der Waals surface area contributed by atoms with Gasteiger partial charge in [-0.15, -0.1) is 0 Å². The Balaban J connectivity index is 1.42. The average molecular weight is 671 g/mol. The predicted molar refractivity (Wildman–Crippen MR) is 201 cm³/mol. The molecule has 0 unspecified atom stereocenters. The molecule has 0 amide bonds. The van der Waals surface area contributed by atoms with Gasteiger partial charge in [0.25, 0.3) is 11.1 Å². The molecule has 262 valence electrons. The second-order valence-electron chi connectivity index (χ2n) is 19.3. The zero-order chi connectivity index (χ0) is 34.8. The fourth-order valence-corrected chi connectivity index (χ4v) is 13.1. The average Bonchev–Trinajstić information content (AvgIpc) is 3.38. The van der Waals surface area contributed by atoms with E-state index < -0.39 is 19.4 Å². The lowest BCUT2D eigenvalue weighted by molar-refractivity contribution is -0.200. The third kappa shape index (κ3) is 4.35. The minimum Gasteiger partial charge on any atom is -0.414 e. The second-order valence-corrected chi connectivity index (χ2v) is 24.0. The molecule has 1 aromatic carbocycles. The molecule has 1 aromatic heterocycles. The number of hydrogen-bond donors (Lipinski definition) is 0. The van der Waals surface area contributed by atoms with Crippen molar-refractivity contribution in [2.75, 3.05) is 0 Å². The van der Waals surface area contributed by atoms with Crippen molar-refractivity contribution in [2.45, 2.75) is 143 Å². The van der Waals surface area contributed by atoms with E-state index in [9.17, 15) is 0 Å². The van der Waals surface area contributed by atoms with E-state index in [-0.39, 0.29) is 33.1 Å². The smallest absolute Gasteiger partial charge is 0.274 e. The molecule has 2 aliphatic heterocycles. The molecule has 0 N–H and O–H groups in total. The summed E-state index contributed by atoms with van der Waals surface area (Å²) in [7, 11) is -2.05. The number of aromatic nitrogens is 2. The minimum absolute atomic E-state index is 0.00706. The molecule has 2 bridgehead atoms. The first-order chi connectivity index (χ1) is 22.4. The molecule has 3 heterocycles. The van der Waals surface area contributed by atoms with Crippen molar-refractivity contribution in [1.29, 1.82) is 0 Å². The summed E-state index contributed by atoms with van der Waals surface area (Å²) in [6.07, 6.45) is 17.2. The largest absolute Gasteiger partial charge is 0.414 e. The highest BCUT2D eigenvalue weighted by Gasteiger charge is 2.74. The van der Waals surface area contributed by atoms with E-state index >= 15 is 9.59 Å². The van der Waals surface area contributed by atoms with Crippen LogP contribution in [0.5, 0.6) is 0 Å². The van der Waals surface area contributed by atoms with E-state index in [2.05, 4.69) is 104 Å². The van der Waals surface area contributed by atoms with Crippen molar-refractivity contribution in [3.63, 3.8) is 0 Å². The van der Waals surface area contributed by atoms with Crippen LogP contribution >= 0.6 is 0 Å². The number of hydrogen-bond acceptors (Lipinski definition) is 3. The Labute approximate surface area is 290 Å². The van der Waals surface area contributed by atoms with Gasteiger partial charge in [0.1, 0.15) is 0 Å². The summed E-state index contributed by atoms with van der Waals surface area (Å²) in [6, 6.07) is 7.58. The summed E-state index contributed by atoms with van der Waals surface area (Å²) in [5, 5.41) is 1.22. The van der Waals surface area contributed by atoms with Gasteiger partial charge < -0.3 is 4.43 Å². The van der Waals surface area contributed by atoms with Gasteiger partial charge >= 0.3 is 0 Å². The highest BCUT2D eigenvalue weighted by atomic mass is 28.4. The first kappa shape index (κ1) is 34.3. The van der Waals surface area contributed by atoms with Gasteiger partial charge in [-0.2, -0.15) is 0 Å². The van der Waals surface area contributed by atoms with Gasteiger partial charge in [0, 0.05) is 17.9 Å². The van der Waals surface area contributed by atoms with Crippen LogP contribution in [0.3, 0.4) is 0 Å². The molecule has 8 rings (SSSR count). The van der Waals surface area contributed by atoms with E-state index in [1.54, 1.807) is 0 Å². The zero-order valence-electron chi connectivity index (χ0n) is 31.7. The van der Waals surface area contributed by atoms with Gasteiger partial charge in [0.05, 0.1) is 21.9 Å². The molecule has 0 radical (unpaired) electrons. The van der Waals surface area contributed by atoms with Crippen LogP contribution in [-0.2, 0) is 15.5 Å². The maximum Gasteiger partial charge on any atom is 0.274 e. The van der Waals surface area contributed by atoms with Crippen molar-refractivity contribution in [3.8, 4) is 0 Å². The molecule has 6 aliphatic rings. The van der Waals surface area contributed by atoms with Crippen LogP contribution in [-0.4, -0.2) is 23.8 Å². The van der Waals surface area contributed by atoms with Crippen LogP contribution in [0.15, 0.2) is 58.2 Å². The van der Waals surface area contributed by atoms with Crippen molar-refractivity contribution >= 4 is 19.1 Å². The summed E-state index contributed by atoms with van der Waals surface area (Å²) in [4.78, 5) is 30.1. The van der Waals surface area contributed by atoms with Crippen molar-refractivity contribution in [1.82, 2.24) is 9.36 Å². The Morgan fingerprint density at radius 1 is 0.854 bits per heavy atom. The third-order valence-electron chi connectivity index (χ3n) is 15.8. The molecule has 3 saturated carbocycles. The monoisotopic (exact) mass is 670 g/mol. The summed E-state index contributed by atoms with van der Waals surface area (Å²) in [6.45, 7) is 26.0. The SMILES string of the molecule is CC(C)[C@@H](C)/C=C/[C@@H](C)[C@@H]1CC[C@@H]2[C@]1(C)CC[C@H]1[C@]23C=C[C@@]2(C[C@@H](O[Si](C)(C)C(C)(C)C)CC[C@]12C)n1c(=O)c2ccccc2c(=O)n13. The van der Waals surface area contributed by atoms with Crippen LogP contribution < -0.4 is 11.1 Å². The van der Waals surface area contributed by atoms with Gasteiger partial charge in [0.15, 0.2) is 8.32 Å². The Kier molecular flexibility index (Phi) is 7.79. The zero-order valence-corrected chi connectivity index (χ0v) is 32.7. The first-order valence-corrected chi connectivity index (χ1v) is 22.1. The van der Waals surface area contributed by atoms with Gasteiger partial charge in [-0.25, -0.2) is 9.36 Å². The summed E-state index contributed by atoms with van der Waals surface area (Å²) >= 11 is 0. The van der Waals surface area contributed by atoms with Crippen LogP contribution in [0.4, 0.5) is 0 Å². The highest BCUT2D eigenvalue weighted by Crippen LogP contribution is 2.74. The molecule has 6 heteroatoms. The molecule has 4 aliphatic carbocycles. The third-order valence-corrected chi connectivity index (χ3v) is 20.3. The Hall–Kier alpha value is -2.18. The molecule has 5 nitrogen and oxygen atoms in total. The van der Waals surface area contributed by atoms with Gasteiger partial charge in [0.2, 0.25) is 0 Å². The summed E-state index contributed by atoms with van der Waals surface area (Å²) < 4.78 is 11.3. The Morgan fingerprint density at radius 2 is 1.50 bits per heavy atom. The Morgan fingerprint density at radius 3 is 2.12 bits per heavy atom. The molecule has 2 spiro atoms. The van der Waals surface area contributed by atoms with E-state index in [1.165, 1.54) is 12.8 Å². The van der Waals surface area contributed by atoms with E-state index in [4.69, 9.17) is 4.43 Å². The minimum atomic E-state index is -2.05. The normalized spacial score (nSPS) is 38.6. The lowest BCUT2D eigenvalue weighted by Gasteiger charge is -2.72.